The summed E-state index contributed by atoms with van der Waals surface area (Å²) in [6.45, 7) is 6.22. The van der Waals surface area contributed by atoms with E-state index in [0.29, 0.717) is 29.0 Å². The molecule has 2 fully saturated rings. The van der Waals surface area contributed by atoms with Crippen LogP contribution < -0.4 is 10.9 Å². The number of rotatable bonds is 2. The summed E-state index contributed by atoms with van der Waals surface area (Å²) in [4.78, 5) is 33.3. The summed E-state index contributed by atoms with van der Waals surface area (Å²) in [7, 11) is 0. The van der Waals surface area contributed by atoms with E-state index in [1.165, 1.54) is 0 Å². The maximum atomic E-state index is 12.5. The van der Waals surface area contributed by atoms with E-state index in [0.717, 1.165) is 26.1 Å². The Morgan fingerprint density at radius 1 is 1.40 bits per heavy atom. The number of nitrogens with one attached hydrogen (secondary N) is 2. The second-order valence-corrected chi connectivity index (χ2v) is 5.75. The summed E-state index contributed by atoms with van der Waals surface area (Å²) < 4.78 is 0. The van der Waals surface area contributed by atoms with E-state index < -0.39 is 0 Å². The minimum atomic E-state index is -0.191. The Balaban J connectivity index is 1.78. The molecule has 20 heavy (non-hydrogen) atoms. The number of hydrogen-bond acceptors (Lipinski definition) is 4. The third-order valence-electron chi connectivity index (χ3n) is 4.43. The zero-order chi connectivity index (χ0) is 14.3. The third kappa shape index (κ3) is 2.24. The van der Waals surface area contributed by atoms with Crippen molar-refractivity contribution in [2.24, 2.45) is 5.92 Å². The monoisotopic (exact) mass is 276 g/mol. The molecule has 0 aliphatic carbocycles. The molecule has 3 heterocycles. The highest BCUT2D eigenvalue weighted by atomic mass is 16.2. The summed E-state index contributed by atoms with van der Waals surface area (Å²) in [5.74, 6) is 1.21. The summed E-state index contributed by atoms with van der Waals surface area (Å²) in [5.41, 5.74) is 0.957. The number of aryl methyl sites for hydroxylation is 2. The fourth-order valence-electron chi connectivity index (χ4n) is 3.37. The number of carbonyl (C=O) groups is 1. The first-order chi connectivity index (χ1) is 9.56. The summed E-state index contributed by atoms with van der Waals surface area (Å²) in [6, 6.07) is 0.306. The Morgan fingerprint density at radius 2 is 2.20 bits per heavy atom. The highest BCUT2D eigenvalue weighted by Gasteiger charge is 2.39. The molecule has 108 valence electrons. The van der Waals surface area contributed by atoms with Gasteiger partial charge in [-0.3, -0.25) is 9.59 Å². The van der Waals surface area contributed by atoms with Crippen LogP contribution in [0.2, 0.25) is 0 Å². The Kier molecular flexibility index (Phi) is 3.33. The molecule has 0 saturated carbocycles. The van der Waals surface area contributed by atoms with Crippen LogP contribution in [0.5, 0.6) is 0 Å². The van der Waals surface area contributed by atoms with Crippen LogP contribution in [0, 0.1) is 19.8 Å². The molecular weight excluding hydrogens is 256 g/mol. The average Bonchev–Trinajstić information content (AvgIpc) is 2.95. The molecule has 2 aliphatic heterocycles. The number of nitrogens with zero attached hydrogens (tertiary/aromatic N) is 2. The molecule has 0 spiro atoms. The number of hydrogen-bond donors (Lipinski definition) is 2. The summed E-state index contributed by atoms with van der Waals surface area (Å²) in [6.07, 6.45) is 1.21. The van der Waals surface area contributed by atoms with E-state index in [1.807, 2.05) is 4.90 Å². The van der Waals surface area contributed by atoms with Gasteiger partial charge >= 0.3 is 0 Å². The van der Waals surface area contributed by atoms with Crippen molar-refractivity contribution >= 4 is 5.91 Å². The molecule has 0 aromatic carbocycles. The van der Waals surface area contributed by atoms with Gasteiger partial charge in [-0.05, 0) is 26.2 Å². The van der Waals surface area contributed by atoms with Crippen LogP contribution >= 0.6 is 0 Å². The molecule has 1 aromatic heterocycles. The van der Waals surface area contributed by atoms with E-state index in [9.17, 15) is 9.59 Å². The van der Waals surface area contributed by atoms with E-state index >= 15 is 0 Å². The number of fused-ring (bicyclic) bond motifs is 1. The van der Waals surface area contributed by atoms with Crippen LogP contribution in [0.1, 0.15) is 23.5 Å². The van der Waals surface area contributed by atoms with Gasteiger partial charge in [-0.15, -0.1) is 0 Å². The third-order valence-corrected chi connectivity index (χ3v) is 4.43. The highest BCUT2D eigenvalue weighted by molar-refractivity contribution is 5.79. The predicted octanol–water partition coefficient (Wildman–Crippen LogP) is -0.250. The number of carbonyl (C=O) groups excluding carboxylic acids is 1. The highest BCUT2D eigenvalue weighted by Crippen LogP contribution is 2.27. The van der Waals surface area contributed by atoms with Crippen LogP contribution in [0.25, 0.3) is 0 Å². The largest absolute Gasteiger partial charge is 0.338 e. The lowest BCUT2D eigenvalue weighted by Gasteiger charge is -2.23. The first-order valence-corrected chi connectivity index (χ1v) is 7.13. The number of likely N-dealkylation sites (tertiary alicyclic amines) is 1. The van der Waals surface area contributed by atoms with Crippen LogP contribution in [-0.4, -0.2) is 46.5 Å². The van der Waals surface area contributed by atoms with Crippen LogP contribution in [0.4, 0.5) is 0 Å². The molecular formula is C14H20N4O2. The Hall–Kier alpha value is -1.69. The van der Waals surface area contributed by atoms with Crippen molar-refractivity contribution in [2.75, 3.05) is 19.6 Å². The van der Waals surface area contributed by atoms with Crippen molar-refractivity contribution in [2.45, 2.75) is 32.7 Å². The number of aromatic nitrogens is 2. The van der Waals surface area contributed by atoms with Crippen molar-refractivity contribution in [1.82, 2.24) is 20.2 Å². The van der Waals surface area contributed by atoms with Crippen molar-refractivity contribution in [3.8, 4) is 0 Å². The Labute approximate surface area is 117 Å². The Bertz CT molecular complexity index is 595. The van der Waals surface area contributed by atoms with Gasteiger partial charge in [0.05, 0.1) is 6.42 Å². The van der Waals surface area contributed by atoms with Gasteiger partial charge in [-0.1, -0.05) is 0 Å². The minimum Gasteiger partial charge on any atom is -0.338 e. The van der Waals surface area contributed by atoms with Crippen molar-refractivity contribution in [1.29, 1.82) is 0 Å². The fourth-order valence-corrected chi connectivity index (χ4v) is 3.37. The molecule has 0 unspecified atom stereocenters. The summed E-state index contributed by atoms with van der Waals surface area (Å²) >= 11 is 0. The van der Waals surface area contributed by atoms with Gasteiger partial charge < -0.3 is 15.2 Å². The van der Waals surface area contributed by atoms with E-state index in [-0.39, 0.29) is 17.9 Å². The topological polar surface area (TPSA) is 78.1 Å². The molecule has 6 heteroatoms. The van der Waals surface area contributed by atoms with E-state index in [2.05, 4.69) is 15.3 Å². The molecule has 1 amide bonds. The number of H-pyrrole nitrogens is 1. The second-order valence-electron chi connectivity index (χ2n) is 5.75. The molecule has 2 atom stereocenters. The quantitative estimate of drug-likeness (QED) is 0.781. The zero-order valence-corrected chi connectivity index (χ0v) is 11.9. The van der Waals surface area contributed by atoms with Gasteiger partial charge in [0.2, 0.25) is 5.91 Å². The molecule has 0 bridgehead atoms. The van der Waals surface area contributed by atoms with Gasteiger partial charge in [0.25, 0.3) is 5.56 Å². The van der Waals surface area contributed by atoms with Gasteiger partial charge in [0, 0.05) is 36.9 Å². The Morgan fingerprint density at radius 3 is 2.95 bits per heavy atom. The smallest absolute Gasteiger partial charge is 0.254 e. The molecule has 2 aliphatic rings. The lowest BCUT2D eigenvalue weighted by molar-refractivity contribution is -0.131. The van der Waals surface area contributed by atoms with Gasteiger partial charge in [0.15, 0.2) is 0 Å². The minimum absolute atomic E-state index is 0.0421. The van der Waals surface area contributed by atoms with Gasteiger partial charge in [-0.2, -0.15) is 0 Å². The lowest BCUT2D eigenvalue weighted by atomic mass is 10.0. The fraction of sp³-hybridized carbons (Fsp3) is 0.643. The van der Waals surface area contributed by atoms with Crippen LogP contribution in [0.15, 0.2) is 4.79 Å². The lowest BCUT2D eigenvalue weighted by Crippen LogP contribution is -2.40. The molecule has 2 saturated heterocycles. The van der Waals surface area contributed by atoms with Gasteiger partial charge in [-0.25, -0.2) is 4.98 Å². The van der Waals surface area contributed by atoms with Crippen LogP contribution in [-0.2, 0) is 11.2 Å². The van der Waals surface area contributed by atoms with Crippen molar-refractivity contribution in [3.63, 3.8) is 0 Å². The molecule has 1 aromatic rings. The standard InChI is InChI=1S/C14H20N4O2/c1-8-11(14(20)17-9(2)16-8)5-13(19)18-4-3-10-6-15-7-12(10)18/h10,12,15H,3-7H2,1-2H3,(H,16,17,20)/t10-,12+/m1/s1. The molecule has 6 nitrogen and oxygen atoms in total. The van der Waals surface area contributed by atoms with E-state index in [4.69, 9.17) is 0 Å². The zero-order valence-electron chi connectivity index (χ0n) is 11.9. The van der Waals surface area contributed by atoms with Crippen molar-refractivity contribution in [3.05, 3.63) is 27.4 Å². The average molecular weight is 276 g/mol. The SMILES string of the molecule is Cc1nc(C)c(CC(=O)N2CC[C@@H]3CNC[C@@H]32)c(=O)[nH]1. The van der Waals surface area contributed by atoms with E-state index in [1.54, 1.807) is 13.8 Å². The first kappa shape index (κ1) is 13.3. The first-order valence-electron chi connectivity index (χ1n) is 7.13. The molecule has 3 rings (SSSR count). The van der Waals surface area contributed by atoms with Crippen LogP contribution in [0.3, 0.4) is 0 Å². The number of amides is 1. The summed E-state index contributed by atoms with van der Waals surface area (Å²) in [5, 5.41) is 3.33. The predicted molar refractivity (Wildman–Crippen MR) is 74.5 cm³/mol. The maximum absolute atomic E-state index is 12.5. The van der Waals surface area contributed by atoms with Crippen molar-refractivity contribution < 1.29 is 4.79 Å². The molecule has 0 radical (unpaired) electrons. The number of aromatic amines is 1. The second kappa shape index (κ2) is 5.01. The maximum Gasteiger partial charge on any atom is 0.254 e. The molecule has 2 N–H and O–H groups in total. The normalized spacial score (nSPS) is 25.0. The van der Waals surface area contributed by atoms with Gasteiger partial charge in [0.1, 0.15) is 5.82 Å².